The van der Waals surface area contributed by atoms with Gasteiger partial charge in [0, 0.05) is 12.6 Å². The van der Waals surface area contributed by atoms with Crippen molar-refractivity contribution in [3.05, 3.63) is 0 Å². The monoisotopic (exact) mass is 225 g/mol. The summed E-state index contributed by atoms with van der Waals surface area (Å²) in [6.07, 6.45) is 2.54. The van der Waals surface area contributed by atoms with Gasteiger partial charge >= 0.3 is 0 Å². The Hall–Kier alpha value is -1.08. The second-order valence-electron chi connectivity index (χ2n) is 4.20. The van der Waals surface area contributed by atoms with E-state index in [1.165, 1.54) is 0 Å². The second kappa shape index (κ2) is 8.12. The zero-order valence-electron chi connectivity index (χ0n) is 10.8. The highest BCUT2D eigenvalue weighted by Gasteiger charge is 2.21. The van der Waals surface area contributed by atoms with Gasteiger partial charge in [-0.2, -0.15) is 5.26 Å². The van der Waals surface area contributed by atoms with Crippen molar-refractivity contribution in [1.29, 1.82) is 5.26 Å². The van der Waals surface area contributed by atoms with Gasteiger partial charge in [0.25, 0.3) is 0 Å². The summed E-state index contributed by atoms with van der Waals surface area (Å²) in [5.74, 6) is 0.0424. The molecular weight excluding hydrogens is 202 g/mol. The third-order valence-electron chi connectivity index (χ3n) is 2.90. The van der Waals surface area contributed by atoms with Crippen LogP contribution in [0.25, 0.3) is 0 Å². The van der Waals surface area contributed by atoms with E-state index in [9.17, 15) is 4.79 Å². The number of hydrogen-bond acceptors (Lipinski definition) is 3. The molecule has 0 aromatic rings. The number of hydrogen-bond donors (Lipinski definition) is 1. The summed E-state index contributed by atoms with van der Waals surface area (Å²) in [6.45, 7) is 6.66. The smallest absolute Gasteiger partial charge is 0.237 e. The molecule has 2 atom stereocenters. The molecule has 0 saturated carbocycles. The number of rotatable bonds is 7. The van der Waals surface area contributed by atoms with Gasteiger partial charge in [-0.15, -0.1) is 0 Å². The molecule has 16 heavy (non-hydrogen) atoms. The van der Waals surface area contributed by atoms with Crippen LogP contribution in [0.2, 0.25) is 0 Å². The van der Waals surface area contributed by atoms with Crippen molar-refractivity contribution in [1.82, 2.24) is 10.2 Å². The quantitative estimate of drug-likeness (QED) is 0.668. The van der Waals surface area contributed by atoms with E-state index in [-0.39, 0.29) is 18.0 Å². The molecule has 0 rings (SSSR count). The number of nitriles is 1. The van der Waals surface area contributed by atoms with Gasteiger partial charge in [0.1, 0.15) is 0 Å². The largest absolute Gasteiger partial charge is 0.355 e. The van der Waals surface area contributed by atoms with Crippen LogP contribution < -0.4 is 5.32 Å². The van der Waals surface area contributed by atoms with Crippen molar-refractivity contribution in [2.45, 2.75) is 52.1 Å². The molecule has 0 aliphatic heterocycles. The molecule has 0 aliphatic rings. The first-order chi connectivity index (χ1) is 7.54. The number of likely N-dealkylation sites (N-methyl/N-ethyl adjacent to an activating group) is 1. The van der Waals surface area contributed by atoms with Crippen LogP contribution in [0.5, 0.6) is 0 Å². The minimum absolute atomic E-state index is 0.0424. The van der Waals surface area contributed by atoms with E-state index in [1.807, 2.05) is 25.8 Å². The predicted molar refractivity (Wildman–Crippen MR) is 64.8 cm³/mol. The molecule has 0 spiro atoms. The van der Waals surface area contributed by atoms with Crippen LogP contribution in [-0.4, -0.2) is 36.5 Å². The summed E-state index contributed by atoms with van der Waals surface area (Å²) in [4.78, 5) is 13.7. The van der Waals surface area contributed by atoms with Crippen molar-refractivity contribution in [2.75, 3.05) is 13.6 Å². The van der Waals surface area contributed by atoms with Crippen molar-refractivity contribution in [3.8, 4) is 6.07 Å². The van der Waals surface area contributed by atoms with Crippen LogP contribution in [0.15, 0.2) is 0 Å². The molecule has 1 amide bonds. The van der Waals surface area contributed by atoms with Gasteiger partial charge in [-0.05, 0) is 27.3 Å². The zero-order valence-corrected chi connectivity index (χ0v) is 10.8. The van der Waals surface area contributed by atoms with Crippen LogP contribution in [0.1, 0.15) is 40.0 Å². The van der Waals surface area contributed by atoms with E-state index in [4.69, 9.17) is 5.26 Å². The first-order valence-corrected chi connectivity index (χ1v) is 5.91. The summed E-state index contributed by atoms with van der Waals surface area (Å²) in [6, 6.07) is 2.05. The Labute approximate surface area is 98.6 Å². The maximum absolute atomic E-state index is 11.7. The van der Waals surface area contributed by atoms with Crippen LogP contribution >= 0.6 is 0 Å². The molecule has 0 aromatic heterocycles. The Morgan fingerprint density at radius 3 is 2.62 bits per heavy atom. The van der Waals surface area contributed by atoms with Crippen LogP contribution in [0.3, 0.4) is 0 Å². The summed E-state index contributed by atoms with van der Waals surface area (Å²) >= 11 is 0. The maximum Gasteiger partial charge on any atom is 0.237 e. The predicted octanol–water partition coefficient (Wildman–Crippen LogP) is 1.53. The highest BCUT2D eigenvalue weighted by molar-refractivity contribution is 5.81. The number of carbonyl (C=O) groups excluding carboxylic acids is 1. The number of amides is 1. The number of carbonyl (C=O) groups is 1. The topological polar surface area (TPSA) is 56.1 Å². The molecule has 0 saturated heterocycles. The molecule has 0 bridgehead atoms. The average molecular weight is 225 g/mol. The van der Waals surface area contributed by atoms with E-state index >= 15 is 0 Å². The van der Waals surface area contributed by atoms with Gasteiger partial charge in [-0.25, -0.2) is 0 Å². The van der Waals surface area contributed by atoms with E-state index in [1.54, 1.807) is 0 Å². The fourth-order valence-corrected chi connectivity index (χ4v) is 1.38. The highest BCUT2D eigenvalue weighted by atomic mass is 16.2. The molecule has 0 radical (unpaired) electrons. The summed E-state index contributed by atoms with van der Waals surface area (Å²) in [5.41, 5.74) is 0. The van der Waals surface area contributed by atoms with Crippen molar-refractivity contribution < 1.29 is 4.79 Å². The normalized spacial score (nSPS) is 14.2. The maximum atomic E-state index is 11.7. The van der Waals surface area contributed by atoms with Gasteiger partial charge in [-0.3, -0.25) is 9.69 Å². The molecular formula is C12H23N3O. The SMILES string of the molecule is CCCCNC(=O)C(C)N(C)C(C)CC#N. The third kappa shape index (κ3) is 5.13. The van der Waals surface area contributed by atoms with Gasteiger partial charge in [0.05, 0.1) is 18.5 Å². The minimum Gasteiger partial charge on any atom is -0.355 e. The van der Waals surface area contributed by atoms with Crippen molar-refractivity contribution in [3.63, 3.8) is 0 Å². The van der Waals surface area contributed by atoms with Crippen LogP contribution in [0.4, 0.5) is 0 Å². The van der Waals surface area contributed by atoms with E-state index < -0.39 is 0 Å². The van der Waals surface area contributed by atoms with E-state index in [0.29, 0.717) is 6.42 Å². The molecule has 0 heterocycles. The third-order valence-corrected chi connectivity index (χ3v) is 2.90. The molecule has 4 heteroatoms. The van der Waals surface area contributed by atoms with E-state index in [2.05, 4.69) is 18.3 Å². The van der Waals surface area contributed by atoms with Crippen molar-refractivity contribution >= 4 is 5.91 Å². The zero-order chi connectivity index (χ0) is 12.6. The minimum atomic E-state index is -0.180. The summed E-state index contributed by atoms with van der Waals surface area (Å²) < 4.78 is 0. The number of nitrogens with zero attached hydrogens (tertiary/aromatic N) is 2. The molecule has 4 nitrogen and oxygen atoms in total. The van der Waals surface area contributed by atoms with Gasteiger partial charge in [-0.1, -0.05) is 13.3 Å². The molecule has 0 fully saturated rings. The summed E-state index contributed by atoms with van der Waals surface area (Å²) in [7, 11) is 1.88. The first kappa shape index (κ1) is 14.9. The molecule has 92 valence electrons. The first-order valence-electron chi connectivity index (χ1n) is 5.91. The van der Waals surface area contributed by atoms with Gasteiger partial charge in [0.15, 0.2) is 0 Å². The van der Waals surface area contributed by atoms with Crippen molar-refractivity contribution in [2.24, 2.45) is 0 Å². The average Bonchev–Trinajstić information content (AvgIpc) is 2.27. The number of unbranched alkanes of at least 4 members (excludes halogenated alkanes) is 1. The lowest BCUT2D eigenvalue weighted by molar-refractivity contribution is -0.126. The van der Waals surface area contributed by atoms with Crippen LogP contribution in [0, 0.1) is 11.3 Å². The van der Waals surface area contributed by atoms with Gasteiger partial charge in [0.2, 0.25) is 5.91 Å². The summed E-state index contributed by atoms with van der Waals surface area (Å²) in [5, 5.41) is 11.5. The highest BCUT2D eigenvalue weighted by Crippen LogP contribution is 2.05. The van der Waals surface area contributed by atoms with E-state index in [0.717, 1.165) is 19.4 Å². The number of nitrogens with one attached hydrogen (secondary N) is 1. The lowest BCUT2D eigenvalue weighted by atomic mass is 10.1. The molecule has 2 unspecified atom stereocenters. The molecule has 0 aliphatic carbocycles. The van der Waals surface area contributed by atoms with Crippen LogP contribution in [-0.2, 0) is 4.79 Å². The Bertz CT molecular complexity index is 247. The molecule has 0 aromatic carbocycles. The lowest BCUT2D eigenvalue weighted by Gasteiger charge is -2.28. The Kier molecular flexibility index (Phi) is 7.57. The lowest BCUT2D eigenvalue weighted by Crippen LogP contribution is -2.46. The Morgan fingerprint density at radius 1 is 1.50 bits per heavy atom. The Morgan fingerprint density at radius 2 is 2.12 bits per heavy atom. The van der Waals surface area contributed by atoms with Gasteiger partial charge < -0.3 is 5.32 Å². The Balaban J connectivity index is 4.06. The second-order valence-corrected chi connectivity index (χ2v) is 4.20. The fourth-order valence-electron chi connectivity index (χ4n) is 1.38. The fraction of sp³-hybridized carbons (Fsp3) is 0.833. The molecule has 1 N–H and O–H groups in total. The standard InChI is InChI=1S/C12H23N3O/c1-5-6-9-14-12(16)11(3)15(4)10(2)7-8-13/h10-11H,5-7,9H2,1-4H3,(H,14,16).